The smallest absolute Gasteiger partial charge is 0.185 e. The maximum absolute atomic E-state index is 10.2. The van der Waals surface area contributed by atoms with Crippen LogP contribution in [0.25, 0.3) is 0 Å². The third-order valence-corrected chi connectivity index (χ3v) is 4.68. The van der Waals surface area contributed by atoms with Crippen LogP contribution in [0.3, 0.4) is 0 Å². The van der Waals surface area contributed by atoms with Gasteiger partial charge in [0.15, 0.2) is 6.29 Å². The summed E-state index contributed by atoms with van der Waals surface area (Å²) < 4.78 is 17.5. The van der Waals surface area contributed by atoms with E-state index in [1.807, 2.05) is 37.3 Å². The Morgan fingerprint density at radius 3 is 2.50 bits per heavy atom. The molecule has 0 spiro atoms. The van der Waals surface area contributed by atoms with Crippen LogP contribution in [0, 0.1) is 5.41 Å². The van der Waals surface area contributed by atoms with Crippen LogP contribution in [0.1, 0.15) is 39.0 Å². The lowest BCUT2D eigenvalue weighted by Gasteiger charge is -2.32. The first kappa shape index (κ1) is 15.5. The molecule has 1 aliphatic heterocycles. The number of hydrogen-bond acceptors (Lipinski definition) is 4. The van der Waals surface area contributed by atoms with Crippen molar-refractivity contribution in [3.05, 3.63) is 41.5 Å². The van der Waals surface area contributed by atoms with Gasteiger partial charge in [-0.15, -0.1) is 0 Å². The Labute approximate surface area is 131 Å². The Kier molecular flexibility index (Phi) is 4.02. The van der Waals surface area contributed by atoms with Gasteiger partial charge in [0, 0.05) is 5.56 Å². The van der Waals surface area contributed by atoms with Gasteiger partial charge in [0.2, 0.25) is 0 Å². The maximum Gasteiger partial charge on any atom is 0.185 e. The lowest BCUT2D eigenvalue weighted by Crippen LogP contribution is -2.37. The number of benzene rings is 1. The fourth-order valence-electron chi connectivity index (χ4n) is 3.28. The fraction of sp³-hybridized carbons (Fsp3) is 0.556. The van der Waals surface area contributed by atoms with Crippen LogP contribution >= 0.6 is 0 Å². The van der Waals surface area contributed by atoms with Crippen LogP contribution in [0.5, 0.6) is 5.75 Å². The third kappa shape index (κ3) is 2.78. The largest absolute Gasteiger partial charge is 0.497 e. The van der Waals surface area contributed by atoms with Gasteiger partial charge in [0.1, 0.15) is 11.9 Å². The first-order valence-electron chi connectivity index (χ1n) is 7.72. The molecule has 0 amide bonds. The Morgan fingerprint density at radius 1 is 1.18 bits per heavy atom. The van der Waals surface area contributed by atoms with Gasteiger partial charge >= 0.3 is 0 Å². The molecule has 4 unspecified atom stereocenters. The number of fused-ring (bicyclic) bond motifs is 1. The Morgan fingerprint density at radius 2 is 1.86 bits per heavy atom. The molecule has 1 N–H and O–H groups in total. The predicted octanol–water partition coefficient (Wildman–Crippen LogP) is 3.21. The van der Waals surface area contributed by atoms with Gasteiger partial charge in [0.05, 0.1) is 19.3 Å². The maximum atomic E-state index is 10.2. The molecule has 22 heavy (non-hydrogen) atoms. The molecule has 4 atom stereocenters. The summed E-state index contributed by atoms with van der Waals surface area (Å²) in [5, 5.41) is 10.2. The second-order valence-electron chi connectivity index (χ2n) is 6.88. The average molecular weight is 304 g/mol. The van der Waals surface area contributed by atoms with Gasteiger partial charge in [0.25, 0.3) is 0 Å². The van der Waals surface area contributed by atoms with E-state index in [1.165, 1.54) is 0 Å². The monoisotopic (exact) mass is 304 g/mol. The summed E-state index contributed by atoms with van der Waals surface area (Å²) in [5.41, 5.74) is 1.79. The van der Waals surface area contributed by atoms with Crippen molar-refractivity contribution in [2.75, 3.05) is 7.11 Å². The first-order valence-corrected chi connectivity index (χ1v) is 7.72. The van der Waals surface area contributed by atoms with Gasteiger partial charge in [-0.1, -0.05) is 32.1 Å². The molecule has 1 aliphatic carbocycles. The molecule has 0 bridgehead atoms. The number of rotatable bonds is 2. The van der Waals surface area contributed by atoms with Crippen LogP contribution in [-0.2, 0) is 9.47 Å². The summed E-state index contributed by atoms with van der Waals surface area (Å²) in [6, 6.07) is 7.75. The highest BCUT2D eigenvalue weighted by atomic mass is 16.7. The zero-order chi connectivity index (χ0) is 15.9. The summed E-state index contributed by atoms with van der Waals surface area (Å²) in [4.78, 5) is 0. The number of methoxy groups -OCH3 is 1. The molecular formula is C18H24O4. The van der Waals surface area contributed by atoms with Crippen LogP contribution in [0.4, 0.5) is 0 Å². The first-order chi connectivity index (χ1) is 10.4. The molecule has 4 nitrogen and oxygen atoms in total. The lowest BCUT2D eigenvalue weighted by molar-refractivity contribution is -0.0876. The normalized spacial score (nSPS) is 33.8. The van der Waals surface area contributed by atoms with E-state index in [-0.39, 0.29) is 23.9 Å². The SMILES string of the molecule is COc1ccc(C2OC3C=C(C)C(O)CC(C)(C)C3O2)cc1. The molecule has 0 aromatic heterocycles. The molecule has 0 saturated carbocycles. The molecule has 1 aromatic carbocycles. The molecule has 2 aliphatic rings. The van der Waals surface area contributed by atoms with E-state index < -0.39 is 6.10 Å². The van der Waals surface area contributed by atoms with E-state index in [4.69, 9.17) is 14.2 Å². The third-order valence-electron chi connectivity index (χ3n) is 4.68. The van der Waals surface area contributed by atoms with Gasteiger partial charge in [-0.2, -0.15) is 0 Å². The summed E-state index contributed by atoms with van der Waals surface area (Å²) in [6.07, 6.45) is 1.70. The molecule has 4 heteroatoms. The van der Waals surface area contributed by atoms with Crippen LogP contribution in [0.15, 0.2) is 35.9 Å². The molecule has 1 heterocycles. The molecule has 1 saturated heterocycles. The second kappa shape index (κ2) is 5.69. The average Bonchev–Trinajstić information content (AvgIpc) is 2.88. The minimum Gasteiger partial charge on any atom is -0.497 e. The highest BCUT2D eigenvalue weighted by molar-refractivity contribution is 5.28. The van der Waals surface area contributed by atoms with Crippen molar-refractivity contribution >= 4 is 0 Å². The van der Waals surface area contributed by atoms with Crippen molar-refractivity contribution < 1.29 is 19.3 Å². The highest BCUT2D eigenvalue weighted by Crippen LogP contribution is 2.45. The molecule has 1 aromatic rings. The molecule has 0 radical (unpaired) electrons. The molecule has 120 valence electrons. The Hall–Kier alpha value is -1.36. The zero-order valence-electron chi connectivity index (χ0n) is 13.6. The van der Waals surface area contributed by atoms with E-state index in [0.29, 0.717) is 6.42 Å². The summed E-state index contributed by atoms with van der Waals surface area (Å²) in [6.45, 7) is 6.20. The van der Waals surface area contributed by atoms with Crippen molar-refractivity contribution in [1.29, 1.82) is 0 Å². The topological polar surface area (TPSA) is 47.9 Å². The Balaban J connectivity index is 1.85. The molecule has 3 rings (SSSR count). The summed E-state index contributed by atoms with van der Waals surface area (Å²) in [5.74, 6) is 0.815. The second-order valence-corrected chi connectivity index (χ2v) is 6.88. The van der Waals surface area contributed by atoms with Gasteiger partial charge < -0.3 is 19.3 Å². The van der Waals surface area contributed by atoms with Gasteiger partial charge in [-0.25, -0.2) is 0 Å². The van der Waals surface area contributed by atoms with E-state index in [2.05, 4.69) is 13.8 Å². The fourth-order valence-corrected chi connectivity index (χ4v) is 3.28. The van der Waals surface area contributed by atoms with Crippen LogP contribution in [0.2, 0.25) is 0 Å². The standard InChI is InChI=1S/C18H24O4/c1-11-9-15-16(18(2,3)10-14(11)19)22-17(21-15)12-5-7-13(20-4)8-6-12/h5-9,14-17,19H,10H2,1-4H3. The molecule has 1 fully saturated rings. The van der Waals surface area contributed by atoms with Crippen molar-refractivity contribution in [2.45, 2.75) is 51.8 Å². The molecular weight excluding hydrogens is 280 g/mol. The van der Waals surface area contributed by atoms with Crippen LogP contribution in [-0.4, -0.2) is 30.5 Å². The number of ether oxygens (including phenoxy) is 3. The zero-order valence-corrected chi connectivity index (χ0v) is 13.6. The van der Waals surface area contributed by atoms with E-state index in [1.54, 1.807) is 7.11 Å². The number of aliphatic hydroxyl groups excluding tert-OH is 1. The Bertz CT molecular complexity index is 561. The minimum absolute atomic E-state index is 0.0632. The number of aliphatic hydroxyl groups is 1. The van der Waals surface area contributed by atoms with Crippen molar-refractivity contribution in [2.24, 2.45) is 5.41 Å². The van der Waals surface area contributed by atoms with E-state index >= 15 is 0 Å². The summed E-state index contributed by atoms with van der Waals surface area (Å²) >= 11 is 0. The van der Waals surface area contributed by atoms with Gasteiger partial charge in [-0.3, -0.25) is 0 Å². The number of hydrogen-bond donors (Lipinski definition) is 1. The van der Waals surface area contributed by atoms with Crippen molar-refractivity contribution in [3.8, 4) is 5.75 Å². The lowest BCUT2D eigenvalue weighted by atomic mass is 9.80. The van der Waals surface area contributed by atoms with Crippen molar-refractivity contribution in [1.82, 2.24) is 0 Å². The highest BCUT2D eigenvalue weighted by Gasteiger charge is 2.47. The van der Waals surface area contributed by atoms with Crippen molar-refractivity contribution in [3.63, 3.8) is 0 Å². The quantitative estimate of drug-likeness (QED) is 0.852. The van der Waals surface area contributed by atoms with Gasteiger partial charge in [-0.05, 0) is 36.5 Å². The van der Waals surface area contributed by atoms with E-state index in [9.17, 15) is 5.11 Å². The van der Waals surface area contributed by atoms with Crippen LogP contribution < -0.4 is 4.74 Å². The predicted molar refractivity (Wildman–Crippen MR) is 83.6 cm³/mol. The van der Waals surface area contributed by atoms with E-state index in [0.717, 1.165) is 16.9 Å². The minimum atomic E-state index is -0.424. The summed E-state index contributed by atoms with van der Waals surface area (Å²) in [7, 11) is 1.65.